The van der Waals surface area contributed by atoms with Gasteiger partial charge in [0.1, 0.15) is 4.21 Å². The first-order valence-electron chi connectivity index (χ1n) is 9.18. The van der Waals surface area contributed by atoms with E-state index in [1.54, 1.807) is 41.8 Å². The summed E-state index contributed by atoms with van der Waals surface area (Å²) >= 11 is 1.05. The Balaban J connectivity index is 1.65. The number of thiophene rings is 1. The van der Waals surface area contributed by atoms with Gasteiger partial charge in [0.25, 0.3) is 15.9 Å². The SMILES string of the molecule is COc1ccc(NC(=O)COC(=O)c2ccccc2NS(=O)(=O)c2cccs2)cc1OC. The molecule has 1 amide bonds. The Morgan fingerprint density at radius 1 is 0.969 bits per heavy atom. The molecule has 0 saturated heterocycles. The molecule has 3 rings (SSSR count). The van der Waals surface area contributed by atoms with Gasteiger partial charge in [-0.3, -0.25) is 9.52 Å². The van der Waals surface area contributed by atoms with Gasteiger partial charge in [-0.25, -0.2) is 13.2 Å². The van der Waals surface area contributed by atoms with E-state index in [1.807, 2.05) is 0 Å². The Morgan fingerprint density at radius 2 is 1.72 bits per heavy atom. The van der Waals surface area contributed by atoms with Crippen LogP contribution in [0.25, 0.3) is 0 Å². The lowest BCUT2D eigenvalue weighted by Gasteiger charge is -2.12. The van der Waals surface area contributed by atoms with Gasteiger partial charge in [0, 0.05) is 11.8 Å². The van der Waals surface area contributed by atoms with Crippen molar-refractivity contribution in [2.24, 2.45) is 0 Å². The molecule has 0 radical (unpaired) electrons. The van der Waals surface area contributed by atoms with Crippen molar-refractivity contribution in [2.75, 3.05) is 30.9 Å². The number of anilines is 2. The summed E-state index contributed by atoms with van der Waals surface area (Å²) in [6.45, 7) is -0.570. The molecule has 0 unspecified atom stereocenters. The number of rotatable bonds is 9. The highest BCUT2D eigenvalue weighted by molar-refractivity contribution is 7.94. The molecule has 32 heavy (non-hydrogen) atoms. The lowest BCUT2D eigenvalue weighted by atomic mass is 10.2. The molecule has 3 aromatic rings. The number of sulfonamides is 1. The van der Waals surface area contributed by atoms with Crippen LogP contribution in [0.3, 0.4) is 0 Å². The monoisotopic (exact) mass is 476 g/mol. The van der Waals surface area contributed by atoms with E-state index in [2.05, 4.69) is 10.0 Å². The van der Waals surface area contributed by atoms with E-state index in [9.17, 15) is 18.0 Å². The summed E-state index contributed by atoms with van der Waals surface area (Å²) in [7, 11) is -0.889. The number of methoxy groups -OCH3 is 2. The van der Waals surface area contributed by atoms with Crippen molar-refractivity contribution in [1.82, 2.24) is 0 Å². The van der Waals surface area contributed by atoms with Gasteiger partial charge in [-0.2, -0.15) is 0 Å². The summed E-state index contributed by atoms with van der Waals surface area (Å²) in [5, 5.41) is 4.22. The minimum Gasteiger partial charge on any atom is -0.493 e. The van der Waals surface area contributed by atoms with E-state index in [1.165, 1.54) is 32.4 Å². The maximum atomic E-state index is 12.5. The van der Waals surface area contributed by atoms with Gasteiger partial charge < -0.3 is 19.5 Å². The van der Waals surface area contributed by atoms with Crippen molar-refractivity contribution in [1.29, 1.82) is 0 Å². The first-order chi connectivity index (χ1) is 15.3. The normalized spacial score (nSPS) is 10.8. The smallest absolute Gasteiger partial charge is 0.340 e. The number of benzene rings is 2. The van der Waals surface area contributed by atoms with Crippen molar-refractivity contribution in [2.45, 2.75) is 4.21 Å². The van der Waals surface area contributed by atoms with Crippen molar-refractivity contribution >= 4 is 44.6 Å². The zero-order valence-corrected chi connectivity index (χ0v) is 18.8. The van der Waals surface area contributed by atoms with Gasteiger partial charge >= 0.3 is 5.97 Å². The number of carbonyl (C=O) groups is 2. The van der Waals surface area contributed by atoms with Crippen LogP contribution < -0.4 is 19.5 Å². The Hall–Kier alpha value is -3.57. The zero-order chi connectivity index (χ0) is 23.1. The standard InChI is InChI=1S/C21H20N2O7S2/c1-28-17-10-9-14(12-18(17)29-2)22-19(24)13-30-21(25)15-6-3-4-7-16(15)23-32(26,27)20-8-5-11-31-20/h3-12,23H,13H2,1-2H3,(H,22,24). The fraction of sp³-hybridized carbons (Fsp3) is 0.143. The Kier molecular flexibility index (Phi) is 7.33. The van der Waals surface area contributed by atoms with Gasteiger partial charge in [-0.1, -0.05) is 18.2 Å². The van der Waals surface area contributed by atoms with Gasteiger partial charge in [0.15, 0.2) is 18.1 Å². The molecule has 168 valence electrons. The Labute approximate surface area is 189 Å². The summed E-state index contributed by atoms with van der Waals surface area (Å²) in [6, 6.07) is 13.8. The topological polar surface area (TPSA) is 120 Å². The van der Waals surface area contributed by atoms with Gasteiger partial charge in [0.2, 0.25) is 0 Å². The molecular weight excluding hydrogens is 456 g/mol. The minimum absolute atomic E-state index is 0.0217. The molecule has 0 bridgehead atoms. The van der Waals surface area contributed by atoms with Crippen molar-refractivity contribution in [3.8, 4) is 11.5 Å². The lowest BCUT2D eigenvalue weighted by Crippen LogP contribution is -2.22. The molecule has 0 aliphatic heterocycles. The van der Waals surface area contributed by atoms with Crippen LogP contribution in [0.5, 0.6) is 11.5 Å². The third-order valence-corrected chi connectivity index (χ3v) is 6.92. The van der Waals surface area contributed by atoms with E-state index in [4.69, 9.17) is 14.2 Å². The number of esters is 1. The molecule has 0 fully saturated rings. The average molecular weight is 477 g/mol. The third kappa shape index (κ3) is 5.56. The van der Waals surface area contributed by atoms with Crippen LogP contribution in [-0.2, 0) is 19.6 Å². The molecule has 2 aromatic carbocycles. The second-order valence-electron chi connectivity index (χ2n) is 6.28. The maximum Gasteiger partial charge on any atom is 0.340 e. The summed E-state index contributed by atoms with van der Waals surface area (Å²) in [5.74, 6) is -0.507. The van der Waals surface area contributed by atoms with Crippen LogP contribution in [0.4, 0.5) is 11.4 Å². The number of nitrogens with one attached hydrogen (secondary N) is 2. The van der Waals surface area contributed by atoms with Gasteiger partial charge in [-0.15, -0.1) is 11.3 Å². The fourth-order valence-corrected chi connectivity index (χ4v) is 4.75. The minimum atomic E-state index is -3.85. The molecule has 0 spiro atoms. The molecule has 0 saturated carbocycles. The van der Waals surface area contributed by atoms with E-state index < -0.39 is 28.5 Å². The van der Waals surface area contributed by atoms with E-state index in [-0.39, 0.29) is 15.5 Å². The van der Waals surface area contributed by atoms with Crippen molar-refractivity contribution < 1.29 is 32.2 Å². The van der Waals surface area contributed by atoms with Crippen molar-refractivity contribution in [3.05, 3.63) is 65.5 Å². The average Bonchev–Trinajstić information content (AvgIpc) is 3.33. The molecule has 11 heteroatoms. The molecule has 2 N–H and O–H groups in total. The van der Waals surface area contributed by atoms with Crippen LogP contribution in [0.15, 0.2) is 64.2 Å². The number of ether oxygens (including phenoxy) is 3. The second-order valence-corrected chi connectivity index (χ2v) is 9.13. The highest BCUT2D eigenvalue weighted by atomic mass is 32.2. The fourth-order valence-electron chi connectivity index (χ4n) is 2.68. The molecule has 1 heterocycles. The predicted octanol–water partition coefficient (Wildman–Crippen LogP) is 3.36. The van der Waals surface area contributed by atoms with E-state index >= 15 is 0 Å². The number of hydrogen-bond acceptors (Lipinski definition) is 8. The highest BCUT2D eigenvalue weighted by Crippen LogP contribution is 2.29. The summed E-state index contributed by atoms with van der Waals surface area (Å²) < 4.78 is 42.8. The second kappa shape index (κ2) is 10.2. The first-order valence-corrected chi connectivity index (χ1v) is 11.5. The molecular formula is C21H20N2O7S2. The summed E-state index contributed by atoms with van der Waals surface area (Å²) in [5.41, 5.74) is 0.450. The highest BCUT2D eigenvalue weighted by Gasteiger charge is 2.20. The van der Waals surface area contributed by atoms with Crippen molar-refractivity contribution in [3.63, 3.8) is 0 Å². The van der Waals surface area contributed by atoms with Crippen LogP contribution in [0.2, 0.25) is 0 Å². The van der Waals surface area contributed by atoms with Crippen LogP contribution in [0.1, 0.15) is 10.4 Å². The summed E-state index contributed by atoms with van der Waals surface area (Å²) in [6.07, 6.45) is 0. The van der Waals surface area contributed by atoms with Gasteiger partial charge in [0.05, 0.1) is 25.5 Å². The zero-order valence-electron chi connectivity index (χ0n) is 17.2. The quantitative estimate of drug-likeness (QED) is 0.454. The number of para-hydroxylation sites is 1. The third-order valence-electron chi connectivity index (χ3n) is 4.15. The molecule has 0 atom stereocenters. The number of carbonyl (C=O) groups excluding carboxylic acids is 2. The number of amides is 1. The van der Waals surface area contributed by atoms with Crippen LogP contribution in [-0.4, -0.2) is 41.1 Å². The van der Waals surface area contributed by atoms with Crippen LogP contribution in [0, 0.1) is 0 Å². The Bertz CT molecular complexity index is 1210. The lowest BCUT2D eigenvalue weighted by molar-refractivity contribution is -0.119. The molecule has 0 aliphatic carbocycles. The molecule has 0 aliphatic rings. The molecule has 1 aromatic heterocycles. The first kappa shape index (κ1) is 23.1. The molecule has 9 nitrogen and oxygen atoms in total. The largest absolute Gasteiger partial charge is 0.493 e. The maximum absolute atomic E-state index is 12.5. The van der Waals surface area contributed by atoms with E-state index in [0.29, 0.717) is 17.2 Å². The number of hydrogen-bond donors (Lipinski definition) is 2. The Morgan fingerprint density at radius 3 is 2.41 bits per heavy atom. The van der Waals surface area contributed by atoms with Gasteiger partial charge in [-0.05, 0) is 35.7 Å². The van der Waals surface area contributed by atoms with Crippen LogP contribution >= 0.6 is 11.3 Å². The summed E-state index contributed by atoms with van der Waals surface area (Å²) in [4.78, 5) is 24.7. The predicted molar refractivity (Wildman–Crippen MR) is 120 cm³/mol. The van der Waals surface area contributed by atoms with E-state index in [0.717, 1.165) is 11.3 Å².